The van der Waals surface area contributed by atoms with Crippen molar-refractivity contribution in [1.29, 1.82) is 0 Å². The summed E-state index contributed by atoms with van der Waals surface area (Å²) in [5, 5.41) is 2.82. The summed E-state index contributed by atoms with van der Waals surface area (Å²) in [5.41, 5.74) is 1.51. The molecule has 0 saturated heterocycles. The topological polar surface area (TPSA) is 15.8 Å². The van der Waals surface area contributed by atoms with Crippen LogP contribution in [-0.4, -0.2) is 4.98 Å². The smallest absolute Gasteiger partial charge is 0.0413 e. The Labute approximate surface area is 80.7 Å². The molecule has 1 heterocycles. The number of H-pyrrole nitrogens is 1. The average Bonchev–Trinajstić information content (AvgIpc) is 2.58. The Morgan fingerprint density at radius 2 is 2.23 bits per heavy atom. The summed E-state index contributed by atoms with van der Waals surface area (Å²) in [6, 6.07) is 0. The molecule has 1 aromatic heterocycles. The average molecular weight is 177 g/mol. The number of fused-ring (bicyclic) bond motifs is 1. The van der Waals surface area contributed by atoms with E-state index < -0.39 is 0 Å². The molecular weight excluding hydrogens is 158 g/mol. The van der Waals surface area contributed by atoms with Crippen molar-refractivity contribution < 1.29 is 1.43 Å². The highest BCUT2D eigenvalue weighted by molar-refractivity contribution is 5.39. The van der Waals surface area contributed by atoms with Gasteiger partial charge in [-0.1, -0.05) is 25.5 Å². The molecule has 1 aliphatic carbocycles. The highest BCUT2D eigenvalue weighted by Gasteiger charge is 2.01. The summed E-state index contributed by atoms with van der Waals surface area (Å²) in [6.45, 7) is 2.24. The summed E-state index contributed by atoms with van der Waals surface area (Å²) in [5.74, 6) is 0. The van der Waals surface area contributed by atoms with Crippen molar-refractivity contribution in [3.8, 4) is 0 Å². The van der Waals surface area contributed by atoms with Crippen LogP contribution in [0.15, 0.2) is 6.20 Å². The van der Waals surface area contributed by atoms with Gasteiger partial charge in [-0.05, 0) is 36.5 Å². The van der Waals surface area contributed by atoms with Crippen LogP contribution in [0.5, 0.6) is 0 Å². The molecule has 0 amide bonds. The zero-order valence-electron chi connectivity index (χ0n) is 8.27. The van der Waals surface area contributed by atoms with Crippen molar-refractivity contribution in [2.24, 2.45) is 0 Å². The van der Waals surface area contributed by atoms with E-state index >= 15 is 0 Å². The summed E-state index contributed by atoms with van der Waals surface area (Å²) in [7, 11) is 0. The van der Waals surface area contributed by atoms with Crippen LogP contribution >= 0.6 is 0 Å². The fraction of sp³-hybridized carbons (Fsp3) is 0.500. The Kier molecular flexibility index (Phi) is 2.53. The number of hydrogen-bond donors (Lipinski definition) is 1. The molecule has 2 rings (SSSR count). The Bertz CT molecular complexity index is 389. The second-order valence-corrected chi connectivity index (χ2v) is 3.73. The molecule has 0 atom stereocenters. The molecule has 0 bridgehead atoms. The fourth-order valence-corrected chi connectivity index (χ4v) is 1.93. The normalized spacial score (nSPS) is 14.5. The van der Waals surface area contributed by atoms with E-state index in [9.17, 15) is 0 Å². The van der Waals surface area contributed by atoms with E-state index in [1.165, 1.54) is 48.2 Å². The van der Waals surface area contributed by atoms with Crippen LogP contribution in [-0.2, 0) is 6.42 Å². The minimum Gasteiger partial charge on any atom is -0.361 e. The third kappa shape index (κ3) is 1.69. The van der Waals surface area contributed by atoms with Gasteiger partial charge >= 0.3 is 0 Å². The molecule has 1 heteroatoms. The summed E-state index contributed by atoms with van der Waals surface area (Å²) in [6.07, 6.45) is 13.1. The molecule has 1 aliphatic rings. The van der Waals surface area contributed by atoms with Gasteiger partial charge in [-0.15, -0.1) is 0 Å². The van der Waals surface area contributed by atoms with Gasteiger partial charge in [0.25, 0.3) is 0 Å². The lowest BCUT2D eigenvalue weighted by Crippen LogP contribution is -2.26. The van der Waals surface area contributed by atoms with E-state index in [0.29, 0.717) is 0 Å². The number of hydrogen-bond acceptors (Lipinski definition) is 0. The van der Waals surface area contributed by atoms with Crippen LogP contribution in [0.1, 0.15) is 39.6 Å². The van der Waals surface area contributed by atoms with Crippen LogP contribution in [0.4, 0.5) is 0 Å². The second-order valence-electron chi connectivity index (χ2n) is 3.73. The predicted molar refractivity (Wildman–Crippen MR) is 58.9 cm³/mol. The quantitative estimate of drug-likeness (QED) is 0.726. The minimum absolute atomic E-state index is 0. The fourth-order valence-electron chi connectivity index (χ4n) is 1.93. The van der Waals surface area contributed by atoms with Gasteiger partial charge in [-0.2, -0.15) is 0 Å². The van der Waals surface area contributed by atoms with E-state index in [0.717, 1.165) is 0 Å². The van der Waals surface area contributed by atoms with Crippen molar-refractivity contribution in [3.05, 3.63) is 22.3 Å². The Hall–Kier alpha value is -0.980. The van der Waals surface area contributed by atoms with E-state index in [1.807, 2.05) is 0 Å². The Balaban J connectivity index is 0.000000980. The second kappa shape index (κ2) is 3.82. The molecule has 1 N–H and O–H groups in total. The van der Waals surface area contributed by atoms with Crippen molar-refractivity contribution in [2.45, 2.75) is 39.0 Å². The SMILES string of the molecule is CCCCc1c[nH]c2c1=CCCC=2.[HH]. The highest BCUT2D eigenvalue weighted by Crippen LogP contribution is 2.00. The van der Waals surface area contributed by atoms with Gasteiger partial charge in [0, 0.05) is 13.0 Å². The molecule has 0 aromatic carbocycles. The summed E-state index contributed by atoms with van der Waals surface area (Å²) in [4.78, 5) is 3.35. The first-order valence-corrected chi connectivity index (χ1v) is 5.28. The van der Waals surface area contributed by atoms with Gasteiger partial charge in [0.05, 0.1) is 0 Å². The molecule has 0 aliphatic heterocycles. The molecule has 0 spiro atoms. The van der Waals surface area contributed by atoms with Crippen molar-refractivity contribution in [1.82, 2.24) is 4.98 Å². The van der Waals surface area contributed by atoms with Crippen LogP contribution in [0.2, 0.25) is 0 Å². The van der Waals surface area contributed by atoms with Gasteiger partial charge < -0.3 is 4.98 Å². The molecule has 13 heavy (non-hydrogen) atoms. The van der Waals surface area contributed by atoms with Crippen LogP contribution in [0, 0.1) is 0 Å². The molecule has 0 fully saturated rings. The maximum Gasteiger partial charge on any atom is 0.0413 e. The lowest BCUT2D eigenvalue weighted by molar-refractivity contribution is 0.792. The number of aryl methyl sites for hydroxylation is 1. The number of nitrogens with one attached hydrogen (secondary N) is 1. The third-order valence-corrected chi connectivity index (χ3v) is 2.70. The summed E-state index contributed by atoms with van der Waals surface area (Å²) < 4.78 is 0. The first kappa shape index (κ1) is 8.61. The molecule has 0 unspecified atom stereocenters. The number of aromatic nitrogens is 1. The zero-order chi connectivity index (χ0) is 9.10. The van der Waals surface area contributed by atoms with Crippen molar-refractivity contribution in [3.63, 3.8) is 0 Å². The van der Waals surface area contributed by atoms with Gasteiger partial charge in [-0.3, -0.25) is 0 Å². The lowest BCUT2D eigenvalue weighted by atomic mass is 10.1. The van der Waals surface area contributed by atoms with Crippen LogP contribution < -0.4 is 10.6 Å². The molecule has 1 nitrogen and oxygen atoms in total. The third-order valence-electron chi connectivity index (χ3n) is 2.70. The van der Waals surface area contributed by atoms with Crippen LogP contribution in [0.25, 0.3) is 12.2 Å². The minimum atomic E-state index is 0. The maximum atomic E-state index is 3.35. The highest BCUT2D eigenvalue weighted by atomic mass is 14.7. The maximum absolute atomic E-state index is 3.35. The van der Waals surface area contributed by atoms with E-state index in [4.69, 9.17) is 0 Å². The molecular formula is C12H19N. The zero-order valence-corrected chi connectivity index (χ0v) is 8.27. The monoisotopic (exact) mass is 177 g/mol. The predicted octanol–water partition coefficient (Wildman–Crippen LogP) is 1.96. The first-order chi connectivity index (χ1) is 6.42. The molecule has 1 aromatic rings. The number of unbranched alkanes of at least 4 members (excludes halogenated alkanes) is 1. The Morgan fingerprint density at radius 1 is 1.38 bits per heavy atom. The molecule has 72 valence electrons. The van der Waals surface area contributed by atoms with E-state index in [2.05, 4.69) is 30.3 Å². The van der Waals surface area contributed by atoms with E-state index in [-0.39, 0.29) is 1.43 Å². The largest absolute Gasteiger partial charge is 0.361 e. The molecule has 0 saturated carbocycles. The van der Waals surface area contributed by atoms with Crippen molar-refractivity contribution in [2.75, 3.05) is 0 Å². The molecule has 0 radical (unpaired) electrons. The Morgan fingerprint density at radius 3 is 3.08 bits per heavy atom. The van der Waals surface area contributed by atoms with E-state index in [1.54, 1.807) is 0 Å². The van der Waals surface area contributed by atoms with Gasteiger partial charge in [0.2, 0.25) is 0 Å². The van der Waals surface area contributed by atoms with Gasteiger partial charge in [0.1, 0.15) is 0 Å². The summed E-state index contributed by atoms with van der Waals surface area (Å²) >= 11 is 0. The lowest BCUT2D eigenvalue weighted by Gasteiger charge is -1.97. The standard InChI is InChI=1S/C12H17N.H2/c1-2-3-6-10-9-13-12-8-5-4-7-11(10)12;/h7-9,13H,2-6H2,1H3;1H. The van der Waals surface area contributed by atoms with Gasteiger partial charge in [0.15, 0.2) is 0 Å². The number of aromatic amines is 1. The van der Waals surface area contributed by atoms with Gasteiger partial charge in [-0.25, -0.2) is 0 Å². The van der Waals surface area contributed by atoms with Crippen molar-refractivity contribution >= 4 is 12.2 Å². The van der Waals surface area contributed by atoms with Crippen LogP contribution in [0.3, 0.4) is 0 Å². The first-order valence-electron chi connectivity index (χ1n) is 5.28. The number of rotatable bonds is 3.